The Morgan fingerprint density at radius 3 is 1.78 bits per heavy atom. The third kappa shape index (κ3) is 5.16. The second-order valence-corrected chi connectivity index (χ2v) is 10.5. The maximum absolute atomic E-state index is 6.19. The fourth-order valence-electron chi connectivity index (χ4n) is 5.28. The molecular formula is C37H26ClN3. The Hall–Kier alpha value is -4.99. The topological polar surface area (TPSA) is 36.8 Å². The van der Waals surface area contributed by atoms with Crippen molar-refractivity contribution in [1.82, 2.24) is 5.32 Å². The fraction of sp³-hybridized carbons (Fsp3) is 0.0270. The molecule has 0 aromatic heterocycles. The number of amidine groups is 2. The molecule has 1 heterocycles. The van der Waals surface area contributed by atoms with Gasteiger partial charge in [0.2, 0.25) is 0 Å². The van der Waals surface area contributed by atoms with Gasteiger partial charge in [-0.25, -0.2) is 9.98 Å². The number of benzene rings is 6. The normalized spacial score (nSPS) is 14.7. The molecule has 1 N–H and O–H groups in total. The van der Waals surface area contributed by atoms with Crippen molar-refractivity contribution in [3.63, 3.8) is 0 Å². The van der Waals surface area contributed by atoms with Crippen molar-refractivity contribution in [3.8, 4) is 22.3 Å². The molecule has 0 aliphatic carbocycles. The molecule has 41 heavy (non-hydrogen) atoms. The van der Waals surface area contributed by atoms with Gasteiger partial charge in [-0.1, -0.05) is 139 Å². The van der Waals surface area contributed by atoms with Crippen LogP contribution in [0.1, 0.15) is 22.9 Å². The number of nitrogens with one attached hydrogen (secondary N) is 1. The summed E-state index contributed by atoms with van der Waals surface area (Å²) in [6, 6.07) is 50.1. The molecule has 0 radical (unpaired) electrons. The molecule has 4 heteroatoms. The summed E-state index contributed by atoms with van der Waals surface area (Å²) in [5, 5.41) is 6.71. The number of fused-ring (bicyclic) bond motifs is 1. The van der Waals surface area contributed by atoms with Gasteiger partial charge in [-0.15, -0.1) is 0 Å². The van der Waals surface area contributed by atoms with E-state index in [2.05, 4.69) is 96.3 Å². The molecule has 0 fully saturated rings. The van der Waals surface area contributed by atoms with Crippen LogP contribution in [0.15, 0.2) is 156 Å². The highest BCUT2D eigenvalue weighted by molar-refractivity contribution is 6.30. The molecule has 6 aromatic rings. The standard InChI is InChI=1S/C37H26ClN3/c38-32-22-20-27(21-23-32)33-12-6-7-13-34(33)37-40-35(28-9-2-1-3-10-28)39-36(41-37)29-17-14-26(15-18-29)31-19-16-25-8-4-5-11-30(25)24-31/h1-24,37H,(H,39,40,41). The van der Waals surface area contributed by atoms with Crippen LogP contribution in [-0.2, 0) is 0 Å². The van der Waals surface area contributed by atoms with E-state index in [-0.39, 0.29) is 0 Å². The summed E-state index contributed by atoms with van der Waals surface area (Å²) < 4.78 is 0. The average molecular weight is 548 g/mol. The summed E-state index contributed by atoms with van der Waals surface area (Å²) in [6.45, 7) is 0. The molecule has 7 rings (SSSR count). The van der Waals surface area contributed by atoms with Crippen molar-refractivity contribution in [3.05, 3.63) is 167 Å². The van der Waals surface area contributed by atoms with E-state index >= 15 is 0 Å². The Bertz CT molecular complexity index is 1910. The summed E-state index contributed by atoms with van der Waals surface area (Å²) in [7, 11) is 0. The van der Waals surface area contributed by atoms with Crippen molar-refractivity contribution in [2.75, 3.05) is 0 Å². The Balaban J connectivity index is 1.28. The molecule has 196 valence electrons. The summed E-state index contributed by atoms with van der Waals surface area (Å²) in [5.41, 5.74) is 7.58. The van der Waals surface area contributed by atoms with Gasteiger partial charge in [-0.3, -0.25) is 0 Å². The molecule has 1 unspecified atom stereocenters. The number of hydrogen-bond donors (Lipinski definition) is 1. The van der Waals surface area contributed by atoms with Crippen LogP contribution in [-0.4, -0.2) is 11.7 Å². The van der Waals surface area contributed by atoms with Crippen LogP contribution in [0.4, 0.5) is 0 Å². The van der Waals surface area contributed by atoms with Gasteiger partial charge in [0.15, 0.2) is 6.17 Å². The van der Waals surface area contributed by atoms with E-state index in [1.807, 2.05) is 54.6 Å². The van der Waals surface area contributed by atoms with Crippen LogP contribution in [0.5, 0.6) is 0 Å². The monoisotopic (exact) mass is 547 g/mol. The van der Waals surface area contributed by atoms with Crippen LogP contribution in [0.3, 0.4) is 0 Å². The van der Waals surface area contributed by atoms with Gasteiger partial charge in [-0.2, -0.15) is 0 Å². The first kappa shape index (κ1) is 25.0. The van der Waals surface area contributed by atoms with Crippen molar-refractivity contribution in [2.24, 2.45) is 9.98 Å². The highest BCUT2D eigenvalue weighted by atomic mass is 35.5. The average Bonchev–Trinajstić information content (AvgIpc) is 3.05. The van der Waals surface area contributed by atoms with E-state index in [0.717, 1.165) is 45.1 Å². The molecule has 1 aliphatic heterocycles. The smallest absolute Gasteiger partial charge is 0.170 e. The predicted molar refractivity (Wildman–Crippen MR) is 172 cm³/mol. The molecule has 6 aromatic carbocycles. The van der Waals surface area contributed by atoms with Crippen molar-refractivity contribution in [2.45, 2.75) is 6.17 Å². The van der Waals surface area contributed by atoms with Crippen molar-refractivity contribution < 1.29 is 0 Å². The lowest BCUT2D eigenvalue weighted by Crippen LogP contribution is -2.36. The second-order valence-electron chi connectivity index (χ2n) is 10.1. The van der Waals surface area contributed by atoms with E-state index in [1.54, 1.807) is 0 Å². The van der Waals surface area contributed by atoms with Gasteiger partial charge in [0.05, 0.1) is 0 Å². The second kappa shape index (κ2) is 10.9. The van der Waals surface area contributed by atoms with Crippen molar-refractivity contribution in [1.29, 1.82) is 0 Å². The molecule has 0 bridgehead atoms. The van der Waals surface area contributed by atoms with Crippen LogP contribution < -0.4 is 5.32 Å². The first-order chi connectivity index (χ1) is 20.2. The van der Waals surface area contributed by atoms with E-state index in [4.69, 9.17) is 21.6 Å². The van der Waals surface area contributed by atoms with Crippen LogP contribution in [0.2, 0.25) is 5.02 Å². The molecule has 0 saturated heterocycles. The van der Waals surface area contributed by atoms with Crippen LogP contribution in [0.25, 0.3) is 33.0 Å². The fourth-order valence-corrected chi connectivity index (χ4v) is 5.41. The molecule has 1 atom stereocenters. The minimum atomic E-state index is -0.409. The van der Waals surface area contributed by atoms with Gasteiger partial charge in [0.25, 0.3) is 0 Å². The van der Waals surface area contributed by atoms with E-state index < -0.39 is 6.17 Å². The predicted octanol–water partition coefficient (Wildman–Crippen LogP) is 9.32. The quantitative estimate of drug-likeness (QED) is 0.229. The van der Waals surface area contributed by atoms with Crippen LogP contribution >= 0.6 is 11.6 Å². The first-order valence-electron chi connectivity index (χ1n) is 13.6. The van der Waals surface area contributed by atoms with Gasteiger partial charge in [0, 0.05) is 21.7 Å². The minimum Gasteiger partial charge on any atom is -0.324 e. The molecule has 1 aliphatic rings. The molecular weight excluding hydrogens is 522 g/mol. The highest BCUT2D eigenvalue weighted by Gasteiger charge is 2.23. The first-order valence-corrected chi connectivity index (χ1v) is 14.0. The van der Waals surface area contributed by atoms with Gasteiger partial charge in [-0.05, 0) is 51.2 Å². The zero-order chi connectivity index (χ0) is 27.6. The third-order valence-corrected chi connectivity index (χ3v) is 7.67. The number of rotatable bonds is 5. The maximum atomic E-state index is 6.19. The molecule has 3 nitrogen and oxygen atoms in total. The van der Waals surface area contributed by atoms with Gasteiger partial charge >= 0.3 is 0 Å². The Morgan fingerprint density at radius 2 is 1.02 bits per heavy atom. The number of halogens is 1. The number of hydrogen-bond acceptors (Lipinski definition) is 3. The maximum Gasteiger partial charge on any atom is 0.170 e. The Morgan fingerprint density at radius 1 is 0.463 bits per heavy atom. The summed E-state index contributed by atoms with van der Waals surface area (Å²) in [4.78, 5) is 10.2. The summed E-state index contributed by atoms with van der Waals surface area (Å²) in [5.74, 6) is 1.59. The third-order valence-electron chi connectivity index (χ3n) is 7.42. The SMILES string of the molecule is Clc1ccc(-c2ccccc2C2N=C(c3ccccc3)NC(c3ccc(-c4ccc5ccccc5c4)cc3)=N2)cc1. The van der Waals surface area contributed by atoms with E-state index in [9.17, 15) is 0 Å². The molecule has 0 spiro atoms. The lowest BCUT2D eigenvalue weighted by molar-refractivity contribution is 0.757. The zero-order valence-electron chi connectivity index (χ0n) is 22.2. The number of nitrogens with zero attached hydrogens (tertiary/aromatic N) is 2. The molecule has 0 saturated carbocycles. The summed E-state index contributed by atoms with van der Waals surface area (Å²) >= 11 is 6.19. The van der Waals surface area contributed by atoms with Gasteiger partial charge < -0.3 is 5.32 Å². The Kier molecular flexibility index (Phi) is 6.64. The minimum absolute atomic E-state index is 0.409. The molecule has 0 amide bonds. The largest absolute Gasteiger partial charge is 0.324 e. The Labute approximate surface area is 244 Å². The highest BCUT2D eigenvalue weighted by Crippen LogP contribution is 2.34. The lowest BCUT2D eigenvalue weighted by atomic mass is 9.97. The van der Waals surface area contributed by atoms with Crippen molar-refractivity contribution >= 4 is 34.0 Å². The zero-order valence-corrected chi connectivity index (χ0v) is 23.0. The van der Waals surface area contributed by atoms with E-state index in [0.29, 0.717) is 5.02 Å². The van der Waals surface area contributed by atoms with E-state index in [1.165, 1.54) is 16.3 Å². The number of aliphatic imine (C=N–C) groups is 2. The van der Waals surface area contributed by atoms with Gasteiger partial charge in [0.1, 0.15) is 11.7 Å². The summed E-state index contributed by atoms with van der Waals surface area (Å²) in [6.07, 6.45) is -0.409. The lowest BCUT2D eigenvalue weighted by Gasteiger charge is -2.24. The van der Waals surface area contributed by atoms with Crippen LogP contribution in [0, 0.1) is 0 Å².